The second kappa shape index (κ2) is 4.49. The molecule has 0 amide bonds. The Labute approximate surface area is 120 Å². The van der Waals surface area contributed by atoms with Crippen molar-refractivity contribution in [2.75, 3.05) is 5.73 Å². The summed E-state index contributed by atoms with van der Waals surface area (Å²) in [7, 11) is 0. The molecule has 0 bridgehead atoms. The second-order valence-corrected chi connectivity index (χ2v) is 4.77. The Morgan fingerprint density at radius 1 is 0.810 bits per heavy atom. The maximum Gasteiger partial charge on any atom is 0.182 e. The lowest BCUT2D eigenvalue weighted by Gasteiger charge is -2.04. The van der Waals surface area contributed by atoms with E-state index in [2.05, 4.69) is 20.2 Å². The first-order chi connectivity index (χ1) is 10.3. The topological polar surface area (TPSA) is 77.6 Å². The summed E-state index contributed by atoms with van der Waals surface area (Å²) >= 11 is 0. The first-order valence-corrected chi connectivity index (χ1v) is 6.55. The zero-order chi connectivity index (χ0) is 14.2. The molecule has 4 aromatic rings. The van der Waals surface area contributed by atoms with Gasteiger partial charge in [0.2, 0.25) is 0 Å². The molecule has 0 aliphatic rings. The van der Waals surface area contributed by atoms with Gasteiger partial charge in [-0.2, -0.15) is 0 Å². The lowest BCUT2D eigenvalue weighted by molar-refractivity contribution is 1.03. The van der Waals surface area contributed by atoms with Crippen molar-refractivity contribution in [3.8, 4) is 11.4 Å². The molecule has 0 aliphatic carbocycles. The monoisotopic (exact) mass is 273 g/mol. The fraction of sp³-hybridized carbons (Fsp3) is 0. The van der Waals surface area contributed by atoms with Crippen LogP contribution >= 0.6 is 0 Å². The number of para-hydroxylation sites is 1. The van der Waals surface area contributed by atoms with Crippen LogP contribution in [0.2, 0.25) is 0 Å². The van der Waals surface area contributed by atoms with E-state index in [1.807, 2.05) is 48.5 Å². The zero-order valence-electron chi connectivity index (χ0n) is 11.1. The van der Waals surface area contributed by atoms with Crippen molar-refractivity contribution in [3.63, 3.8) is 0 Å². The second-order valence-electron chi connectivity index (χ2n) is 4.77. The van der Waals surface area contributed by atoms with Crippen LogP contribution in [-0.2, 0) is 0 Å². The number of nitrogens with two attached hydrogens (primary N) is 1. The molecule has 0 atom stereocenters. The summed E-state index contributed by atoms with van der Waals surface area (Å²) in [5.41, 5.74) is 9.67. The maximum absolute atomic E-state index is 5.69. The SMILES string of the molecule is Nc1ccc(-c2nnc3c(cnc4ccccc43)n2)cc1. The van der Waals surface area contributed by atoms with Crippen LogP contribution in [0.25, 0.3) is 33.3 Å². The summed E-state index contributed by atoms with van der Waals surface area (Å²) < 4.78 is 0. The van der Waals surface area contributed by atoms with Crippen LogP contribution < -0.4 is 5.73 Å². The summed E-state index contributed by atoms with van der Waals surface area (Å²) in [5, 5.41) is 9.51. The third-order valence-corrected chi connectivity index (χ3v) is 3.37. The molecule has 4 rings (SSSR count). The van der Waals surface area contributed by atoms with Gasteiger partial charge in [-0.25, -0.2) is 4.98 Å². The minimum Gasteiger partial charge on any atom is -0.399 e. The largest absolute Gasteiger partial charge is 0.399 e. The number of nitrogens with zero attached hydrogens (tertiary/aromatic N) is 4. The Morgan fingerprint density at radius 2 is 1.62 bits per heavy atom. The average Bonchev–Trinajstić information content (AvgIpc) is 2.55. The van der Waals surface area contributed by atoms with Crippen molar-refractivity contribution < 1.29 is 0 Å². The van der Waals surface area contributed by atoms with Crippen molar-refractivity contribution in [3.05, 3.63) is 54.7 Å². The van der Waals surface area contributed by atoms with Crippen LogP contribution in [0.15, 0.2) is 54.7 Å². The number of rotatable bonds is 1. The zero-order valence-corrected chi connectivity index (χ0v) is 11.1. The third-order valence-electron chi connectivity index (χ3n) is 3.37. The van der Waals surface area contributed by atoms with Crippen LogP contribution in [0.1, 0.15) is 0 Å². The minimum atomic E-state index is 0.569. The summed E-state index contributed by atoms with van der Waals surface area (Å²) in [6.07, 6.45) is 1.73. The first kappa shape index (κ1) is 11.7. The van der Waals surface area contributed by atoms with E-state index in [4.69, 9.17) is 5.73 Å². The van der Waals surface area contributed by atoms with Gasteiger partial charge in [-0.05, 0) is 30.3 Å². The van der Waals surface area contributed by atoms with Crippen LogP contribution in [0, 0.1) is 0 Å². The molecule has 2 N–H and O–H groups in total. The number of aromatic nitrogens is 4. The standard InChI is InChI=1S/C16H11N5/c17-11-7-5-10(6-8-11)16-19-14-9-18-13-4-2-1-3-12(13)15(14)20-21-16/h1-9H,17H2. The molecular formula is C16H11N5. The summed E-state index contributed by atoms with van der Waals surface area (Å²) in [6.45, 7) is 0. The molecule has 0 unspecified atom stereocenters. The van der Waals surface area contributed by atoms with Gasteiger partial charge >= 0.3 is 0 Å². The number of nitrogen functional groups attached to an aromatic ring is 1. The van der Waals surface area contributed by atoms with Crippen LogP contribution in [0.3, 0.4) is 0 Å². The van der Waals surface area contributed by atoms with Gasteiger partial charge in [-0.15, -0.1) is 10.2 Å². The number of hydrogen-bond donors (Lipinski definition) is 1. The smallest absolute Gasteiger partial charge is 0.182 e. The number of hydrogen-bond acceptors (Lipinski definition) is 5. The molecule has 100 valence electrons. The van der Waals surface area contributed by atoms with Crippen LogP contribution in [-0.4, -0.2) is 20.2 Å². The predicted molar refractivity (Wildman–Crippen MR) is 82.5 cm³/mol. The van der Waals surface area contributed by atoms with Crippen molar-refractivity contribution in [2.24, 2.45) is 0 Å². The Balaban J connectivity index is 1.94. The van der Waals surface area contributed by atoms with Crippen molar-refractivity contribution in [1.29, 1.82) is 0 Å². The van der Waals surface area contributed by atoms with Crippen LogP contribution in [0.5, 0.6) is 0 Å². The van der Waals surface area contributed by atoms with E-state index in [9.17, 15) is 0 Å². The lowest BCUT2D eigenvalue weighted by Crippen LogP contribution is -1.96. The highest BCUT2D eigenvalue weighted by Gasteiger charge is 2.08. The van der Waals surface area contributed by atoms with E-state index in [1.165, 1.54) is 0 Å². The van der Waals surface area contributed by atoms with E-state index < -0.39 is 0 Å². The van der Waals surface area contributed by atoms with Gasteiger partial charge < -0.3 is 5.73 Å². The predicted octanol–water partition coefficient (Wildman–Crippen LogP) is 2.82. The van der Waals surface area contributed by atoms with E-state index in [1.54, 1.807) is 6.20 Å². The van der Waals surface area contributed by atoms with Crippen molar-refractivity contribution in [2.45, 2.75) is 0 Å². The highest BCUT2D eigenvalue weighted by atomic mass is 15.2. The highest BCUT2D eigenvalue weighted by molar-refractivity contribution is 6.01. The summed E-state index contributed by atoms with van der Waals surface area (Å²) in [4.78, 5) is 8.96. The van der Waals surface area contributed by atoms with E-state index in [0.717, 1.165) is 27.5 Å². The Morgan fingerprint density at radius 3 is 2.48 bits per heavy atom. The van der Waals surface area contributed by atoms with Gasteiger partial charge in [0, 0.05) is 16.6 Å². The molecule has 0 fully saturated rings. The van der Waals surface area contributed by atoms with E-state index in [-0.39, 0.29) is 0 Å². The van der Waals surface area contributed by atoms with Crippen molar-refractivity contribution in [1.82, 2.24) is 20.2 Å². The van der Waals surface area contributed by atoms with Gasteiger partial charge in [0.25, 0.3) is 0 Å². The fourth-order valence-corrected chi connectivity index (χ4v) is 2.29. The Hall–Kier alpha value is -3.08. The minimum absolute atomic E-state index is 0.569. The summed E-state index contributed by atoms with van der Waals surface area (Å²) in [6, 6.07) is 15.2. The van der Waals surface area contributed by atoms with Gasteiger partial charge in [-0.3, -0.25) is 4.98 Å². The molecule has 0 aliphatic heterocycles. The molecule has 0 spiro atoms. The summed E-state index contributed by atoms with van der Waals surface area (Å²) in [5.74, 6) is 0.569. The molecular weight excluding hydrogens is 262 g/mol. The number of fused-ring (bicyclic) bond motifs is 3. The first-order valence-electron chi connectivity index (χ1n) is 6.55. The average molecular weight is 273 g/mol. The Kier molecular flexibility index (Phi) is 2.50. The molecule has 2 aromatic carbocycles. The van der Waals surface area contributed by atoms with Crippen LogP contribution in [0.4, 0.5) is 5.69 Å². The lowest BCUT2D eigenvalue weighted by atomic mass is 10.2. The van der Waals surface area contributed by atoms with Gasteiger partial charge in [0.05, 0.1) is 11.7 Å². The fourth-order valence-electron chi connectivity index (χ4n) is 2.29. The highest BCUT2D eigenvalue weighted by Crippen LogP contribution is 2.22. The normalized spacial score (nSPS) is 11.0. The van der Waals surface area contributed by atoms with Gasteiger partial charge in [0.1, 0.15) is 11.0 Å². The third kappa shape index (κ3) is 1.95. The Bertz CT molecular complexity index is 947. The van der Waals surface area contributed by atoms with Gasteiger partial charge in [0.15, 0.2) is 5.82 Å². The quantitative estimate of drug-likeness (QED) is 0.426. The molecule has 0 radical (unpaired) electrons. The van der Waals surface area contributed by atoms with E-state index >= 15 is 0 Å². The molecule has 5 heteroatoms. The maximum atomic E-state index is 5.69. The number of benzene rings is 2. The van der Waals surface area contributed by atoms with E-state index in [0.29, 0.717) is 11.5 Å². The molecule has 2 heterocycles. The molecule has 5 nitrogen and oxygen atoms in total. The van der Waals surface area contributed by atoms with Crippen molar-refractivity contribution >= 4 is 27.6 Å². The molecule has 0 saturated carbocycles. The van der Waals surface area contributed by atoms with Gasteiger partial charge in [-0.1, -0.05) is 18.2 Å². The molecule has 0 saturated heterocycles. The number of anilines is 1. The number of pyridine rings is 1. The molecule has 21 heavy (non-hydrogen) atoms. The molecule has 2 aromatic heterocycles.